The molecule has 0 radical (unpaired) electrons. The summed E-state index contributed by atoms with van der Waals surface area (Å²) in [5.74, 6) is 0.874. The fraction of sp³-hybridized carbons (Fsp3) is 0.238. The van der Waals surface area contributed by atoms with Gasteiger partial charge in [-0.25, -0.2) is 0 Å². The van der Waals surface area contributed by atoms with E-state index >= 15 is 0 Å². The molecular weight excluding hydrogens is 398 g/mol. The number of nitrogens with two attached hydrogens (primary N) is 1. The lowest BCUT2D eigenvalue weighted by Gasteiger charge is -2.17. The van der Waals surface area contributed by atoms with E-state index in [1.54, 1.807) is 11.8 Å². The lowest BCUT2D eigenvalue weighted by Crippen LogP contribution is -2.30. The zero-order valence-corrected chi connectivity index (χ0v) is 18.0. The number of hydrogen-bond donors (Lipinski definition) is 3. The maximum Gasteiger partial charge on any atom is 0.238 e. The number of likely N-dealkylation sites (N-methyl/N-ethyl adjacent to an activating group) is 1. The molecule has 0 bridgehead atoms. The van der Waals surface area contributed by atoms with E-state index in [1.807, 2.05) is 73.7 Å². The molecule has 0 aliphatic carbocycles. The number of carbonyl (C=O) groups excluding carboxylic acids is 1. The Morgan fingerprint density at radius 1 is 1.07 bits per heavy atom. The SMILES string of the molecule is CSc1ccccc1NC(=O)CN(C)Cc1nc(N)nc(Nc2ccccc2C)n1. The molecule has 0 unspecified atom stereocenters. The standard InChI is InChI=1S/C21H25N7OS/c1-14-8-4-5-9-15(14)24-21-26-18(25-20(22)27-21)12-28(2)13-19(29)23-16-10-6-7-11-17(16)30-3/h4-11H,12-13H2,1-3H3,(H,23,29)(H3,22,24,25,26,27). The van der Waals surface area contributed by atoms with Gasteiger partial charge in [-0.3, -0.25) is 9.69 Å². The molecule has 9 heteroatoms. The average Bonchev–Trinajstić information content (AvgIpc) is 2.69. The van der Waals surface area contributed by atoms with Gasteiger partial charge in [0.2, 0.25) is 17.8 Å². The highest BCUT2D eigenvalue weighted by atomic mass is 32.2. The van der Waals surface area contributed by atoms with Crippen molar-refractivity contribution < 1.29 is 4.79 Å². The van der Waals surface area contributed by atoms with Crippen LogP contribution in [0.25, 0.3) is 0 Å². The van der Waals surface area contributed by atoms with E-state index < -0.39 is 0 Å². The van der Waals surface area contributed by atoms with Crippen LogP contribution in [0.1, 0.15) is 11.4 Å². The summed E-state index contributed by atoms with van der Waals surface area (Å²) in [4.78, 5) is 28.1. The number of nitrogen functional groups attached to an aromatic ring is 1. The maximum atomic E-state index is 12.4. The highest BCUT2D eigenvalue weighted by Gasteiger charge is 2.13. The Bertz CT molecular complexity index is 1030. The summed E-state index contributed by atoms with van der Waals surface area (Å²) in [6.07, 6.45) is 1.98. The summed E-state index contributed by atoms with van der Waals surface area (Å²) < 4.78 is 0. The molecule has 8 nitrogen and oxygen atoms in total. The van der Waals surface area contributed by atoms with E-state index in [-0.39, 0.29) is 18.4 Å². The van der Waals surface area contributed by atoms with Crippen LogP contribution in [0.3, 0.4) is 0 Å². The lowest BCUT2D eigenvalue weighted by atomic mass is 10.2. The average molecular weight is 424 g/mol. The van der Waals surface area contributed by atoms with Crippen molar-refractivity contribution in [2.24, 2.45) is 0 Å². The Labute approximate surface area is 180 Å². The van der Waals surface area contributed by atoms with Gasteiger partial charge < -0.3 is 16.4 Å². The van der Waals surface area contributed by atoms with Crippen molar-refractivity contribution in [1.29, 1.82) is 0 Å². The number of carbonyl (C=O) groups is 1. The first kappa shape index (κ1) is 21.5. The monoisotopic (exact) mass is 423 g/mol. The van der Waals surface area contributed by atoms with Crippen LogP contribution in [0.15, 0.2) is 53.4 Å². The smallest absolute Gasteiger partial charge is 0.238 e. The minimum absolute atomic E-state index is 0.112. The molecule has 4 N–H and O–H groups in total. The van der Waals surface area contributed by atoms with E-state index in [0.717, 1.165) is 21.8 Å². The Morgan fingerprint density at radius 2 is 1.77 bits per heavy atom. The van der Waals surface area contributed by atoms with Crippen molar-refractivity contribution in [3.63, 3.8) is 0 Å². The third-order valence-electron chi connectivity index (χ3n) is 4.30. The molecule has 2 aromatic carbocycles. The van der Waals surface area contributed by atoms with Gasteiger partial charge in [-0.05, 0) is 44.0 Å². The fourth-order valence-corrected chi connectivity index (χ4v) is 3.43. The zero-order valence-electron chi connectivity index (χ0n) is 17.2. The molecule has 0 aliphatic rings. The van der Waals surface area contributed by atoms with Crippen LogP contribution >= 0.6 is 11.8 Å². The third kappa shape index (κ3) is 5.91. The summed E-state index contributed by atoms with van der Waals surface area (Å²) in [6.45, 7) is 2.54. The maximum absolute atomic E-state index is 12.4. The first-order valence-corrected chi connectivity index (χ1v) is 10.6. The molecule has 0 saturated carbocycles. The molecule has 1 heterocycles. The highest BCUT2D eigenvalue weighted by molar-refractivity contribution is 7.98. The number of anilines is 4. The van der Waals surface area contributed by atoms with Gasteiger partial charge in [0, 0.05) is 10.6 Å². The zero-order chi connectivity index (χ0) is 21.5. The Hall–Kier alpha value is -3.17. The Balaban J connectivity index is 1.63. The van der Waals surface area contributed by atoms with E-state index in [4.69, 9.17) is 5.73 Å². The Morgan fingerprint density at radius 3 is 2.50 bits per heavy atom. The van der Waals surface area contributed by atoms with Crippen molar-refractivity contribution in [3.8, 4) is 0 Å². The minimum Gasteiger partial charge on any atom is -0.368 e. The number of nitrogens with zero attached hydrogens (tertiary/aromatic N) is 4. The van der Waals surface area contributed by atoms with Crippen LogP contribution in [0.2, 0.25) is 0 Å². The van der Waals surface area contributed by atoms with E-state index in [1.165, 1.54) is 0 Å². The van der Waals surface area contributed by atoms with Gasteiger partial charge in [0.1, 0.15) is 5.82 Å². The largest absolute Gasteiger partial charge is 0.368 e. The predicted octanol–water partition coefficient (Wildman–Crippen LogP) is 3.30. The summed E-state index contributed by atoms with van der Waals surface area (Å²) in [7, 11) is 1.83. The number of amides is 1. The van der Waals surface area contributed by atoms with Gasteiger partial charge in [-0.1, -0.05) is 30.3 Å². The van der Waals surface area contributed by atoms with Gasteiger partial charge in [0.05, 0.1) is 18.8 Å². The van der Waals surface area contributed by atoms with E-state index in [2.05, 4.69) is 25.6 Å². The van der Waals surface area contributed by atoms with Crippen LogP contribution in [-0.4, -0.2) is 45.6 Å². The molecule has 30 heavy (non-hydrogen) atoms. The van der Waals surface area contributed by atoms with Gasteiger partial charge in [-0.15, -0.1) is 11.8 Å². The molecule has 3 aromatic rings. The van der Waals surface area contributed by atoms with Crippen molar-refractivity contribution in [3.05, 3.63) is 59.9 Å². The van der Waals surface area contributed by atoms with Gasteiger partial charge in [0.25, 0.3) is 0 Å². The van der Waals surface area contributed by atoms with Crippen LogP contribution in [0.4, 0.5) is 23.3 Å². The molecule has 0 atom stereocenters. The van der Waals surface area contributed by atoms with Crippen LogP contribution in [-0.2, 0) is 11.3 Å². The third-order valence-corrected chi connectivity index (χ3v) is 5.09. The highest BCUT2D eigenvalue weighted by Crippen LogP contribution is 2.24. The number of para-hydroxylation sites is 2. The summed E-state index contributed by atoms with van der Waals surface area (Å²) in [5, 5.41) is 6.12. The Kier molecular flexibility index (Phi) is 7.21. The first-order valence-electron chi connectivity index (χ1n) is 9.39. The molecule has 1 amide bonds. The first-order chi connectivity index (χ1) is 14.4. The van der Waals surface area contributed by atoms with Crippen molar-refractivity contribution in [2.45, 2.75) is 18.4 Å². The molecule has 0 aliphatic heterocycles. The second kappa shape index (κ2) is 10.0. The molecule has 3 rings (SSSR count). The normalized spacial score (nSPS) is 10.8. The molecule has 0 saturated heterocycles. The molecule has 156 valence electrons. The number of aromatic nitrogens is 3. The number of thioether (sulfide) groups is 1. The van der Waals surface area contributed by atoms with Crippen molar-refractivity contribution in [1.82, 2.24) is 19.9 Å². The van der Waals surface area contributed by atoms with Gasteiger partial charge in [-0.2, -0.15) is 15.0 Å². The van der Waals surface area contributed by atoms with Crippen LogP contribution in [0.5, 0.6) is 0 Å². The molecule has 0 spiro atoms. The van der Waals surface area contributed by atoms with E-state index in [0.29, 0.717) is 18.3 Å². The van der Waals surface area contributed by atoms with Crippen molar-refractivity contribution >= 4 is 40.9 Å². The molecule has 0 fully saturated rings. The summed E-state index contributed by atoms with van der Waals surface area (Å²) >= 11 is 1.59. The number of nitrogens with one attached hydrogen (secondary N) is 2. The summed E-state index contributed by atoms with van der Waals surface area (Å²) in [5.41, 5.74) is 8.63. The van der Waals surface area contributed by atoms with E-state index in [9.17, 15) is 4.79 Å². The van der Waals surface area contributed by atoms with Crippen LogP contribution < -0.4 is 16.4 Å². The number of rotatable bonds is 8. The lowest BCUT2D eigenvalue weighted by molar-refractivity contribution is -0.117. The van der Waals surface area contributed by atoms with Crippen molar-refractivity contribution in [2.75, 3.05) is 36.2 Å². The summed E-state index contributed by atoms with van der Waals surface area (Å²) in [6, 6.07) is 15.5. The fourth-order valence-electron chi connectivity index (χ4n) is 2.88. The van der Waals surface area contributed by atoms with Gasteiger partial charge in [0.15, 0.2) is 0 Å². The second-order valence-electron chi connectivity index (χ2n) is 6.79. The van der Waals surface area contributed by atoms with Gasteiger partial charge >= 0.3 is 0 Å². The number of aryl methyl sites for hydroxylation is 1. The quantitative estimate of drug-likeness (QED) is 0.474. The predicted molar refractivity (Wildman–Crippen MR) is 122 cm³/mol. The second-order valence-corrected chi connectivity index (χ2v) is 7.64. The molecular formula is C21H25N7OS. The number of hydrogen-bond acceptors (Lipinski definition) is 8. The topological polar surface area (TPSA) is 109 Å². The van der Waals surface area contributed by atoms with Crippen LogP contribution in [0, 0.1) is 6.92 Å². The minimum atomic E-state index is -0.112. The number of benzene rings is 2. The molecule has 1 aromatic heterocycles.